The largest absolute Gasteiger partial charge is 0.496 e. The van der Waals surface area contributed by atoms with Gasteiger partial charge in [-0.05, 0) is 31.0 Å². The Labute approximate surface area is 84.5 Å². The number of benzene rings is 1. The molecule has 1 aromatic carbocycles. The number of nitrogens with two attached hydrogens (primary N) is 1. The first-order valence-corrected chi connectivity index (χ1v) is 4.64. The molecule has 0 aliphatic carbocycles. The summed E-state index contributed by atoms with van der Waals surface area (Å²) in [5, 5.41) is 9.34. The van der Waals surface area contributed by atoms with Gasteiger partial charge in [0.05, 0.1) is 19.3 Å². The smallest absolute Gasteiger partial charge is 0.122 e. The maximum atomic E-state index is 9.34. The third kappa shape index (κ3) is 2.25. The van der Waals surface area contributed by atoms with Gasteiger partial charge < -0.3 is 15.6 Å². The van der Waals surface area contributed by atoms with Crippen LogP contribution in [0.3, 0.4) is 0 Å². The van der Waals surface area contributed by atoms with E-state index in [1.165, 1.54) is 0 Å². The Hall–Kier alpha value is -1.06. The highest BCUT2D eigenvalue weighted by Crippen LogP contribution is 2.23. The lowest BCUT2D eigenvalue weighted by molar-refractivity contribution is 0.164. The maximum absolute atomic E-state index is 9.34. The highest BCUT2D eigenvalue weighted by atomic mass is 16.5. The van der Waals surface area contributed by atoms with E-state index in [-0.39, 0.29) is 6.04 Å². The highest BCUT2D eigenvalue weighted by molar-refractivity contribution is 5.37. The molecule has 0 bridgehead atoms. The average Bonchev–Trinajstić information content (AvgIpc) is 2.17. The van der Waals surface area contributed by atoms with Crippen LogP contribution < -0.4 is 10.5 Å². The lowest BCUT2D eigenvalue weighted by atomic mass is 10.0. The minimum absolute atomic E-state index is 0.357. The van der Waals surface area contributed by atoms with Crippen LogP contribution in [-0.2, 0) is 0 Å². The lowest BCUT2D eigenvalue weighted by Crippen LogP contribution is -2.23. The monoisotopic (exact) mass is 195 g/mol. The van der Waals surface area contributed by atoms with Crippen LogP contribution in [0.2, 0.25) is 0 Å². The van der Waals surface area contributed by atoms with E-state index in [2.05, 4.69) is 0 Å². The zero-order valence-electron chi connectivity index (χ0n) is 8.82. The molecule has 14 heavy (non-hydrogen) atoms. The summed E-state index contributed by atoms with van der Waals surface area (Å²) in [5.41, 5.74) is 7.76. The molecule has 0 fully saturated rings. The second-order valence-electron chi connectivity index (χ2n) is 3.50. The molecule has 0 aliphatic rings. The van der Waals surface area contributed by atoms with Gasteiger partial charge in [-0.1, -0.05) is 12.1 Å². The zero-order chi connectivity index (χ0) is 10.7. The van der Waals surface area contributed by atoms with Gasteiger partial charge in [0.2, 0.25) is 0 Å². The highest BCUT2D eigenvalue weighted by Gasteiger charge is 2.13. The van der Waals surface area contributed by atoms with Gasteiger partial charge in [0.25, 0.3) is 0 Å². The standard InChI is InChI=1S/C11H17NO2/c1-7-4-5-9(6-10(7)14-3)11(12)8(2)13/h4-6,8,11,13H,12H2,1-3H3/t8-,11+/m1/s1. The van der Waals surface area contributed by atoms with Gasteiger partial charge >= 0.3 is 0 Å². The van der Waals surface area contributed by atoms with Crippen molar-refractivity contribution in [1.82, 2.24) is 0 Å². The molecule has 0 aromatic heterocycles. The van der Waals surface area contributed by atoms with Crippen molar-refractivity contribution in [1.29, 1.82) is 0 Å². The fourth-order valence-electron chi connectivity index (χ4n) is 1.32. The fraction of sp³-hybridized carbons (Fsp3) is 0.455. The molecule has 0 unspecified atom stereocenters. The van der Waals surface area contributed by atoms with Crippen LogP contribution in [0.5, 0.6) is 5.75 Å². The summed E-state index contributed by atoms with van der Waals surface area (Å²) < 4.78 is 5.18. The lowest BCUT2D eigenvalue weighted by Gasteiger charge is -2.16. The van der Waals surface area contributed by atoms with Gasteiger partial charge in [-0.2, -0.15) is 0 Å². The molecule has 1 rings (SSSR count). The Kier molecular flexibility index (Phi) is 3.49. The molecular formula is C11H17NO2. The Morgan fingerprint density at radius 2 is 2.07 bits per heavy atom. The predicted octanol–water partition coefficient (Wildman–Crippen LogP) is 1.38. The third-order valence-corrected chi connectivity index (χ3v) is 2.34. The number of ether oxygens (including phenoxy) is 1. The third-order valence-electron chi connectivity index (χ3n) is 2.34. The number of hydrogen-bond acceptors (Lipinski definition) is 3. The summed E-state index contributed by atoms with van der Waals surface area (Å²) in [6, 6.07) is 5.36. The van der Waals surface area contributed by atoms with Gasteiger partial charge in [0, 0.05) is 0 Å². The molecule has 1 aromatic rings. The maximum Gasteiger partial charge on any atom is 0.122 e. The molecule has 0 heterocycles. The SMILES string of the molecule is COc1cc([C@@H](N)[C@@H](C)O)ccc1C. The van der Waals surface area contributed by atoms with Crippen molar-refractivity contribution >= 4 is 0 Å². The molecular weight excluding hydrogens is 178 g/mol. The van der Waals surface area contributed by atoms with Gasteiger partial charge in [0.15, 0.2) is 0 Å². The fourth-order valence-corrected chi connectivity index (χ4v) is 1.32. The summed E-state index contributed by atoms with van der Waals surface area (Å²) in [5.74, 6) is 0.804. The zero-order valence-corrected chi connectivity index (χ0v) is 8.82. The van der Waals surface area contributed by atoms with E-state index >= 15 is 0 Å². The van der Waals surface area contributed by atoms with Crippen LogP contribution in [0.25, 0.3) is 0 Å². The molecule has 0 aliphatic heterocycles. The molecule has 3 nitrogen and oxygen atoms in total. The number of aliphatic hydroxyl groups is 1. The van der Waals surface area contributed by atoms with E-state index < -0.39 is 6.10 Å². The molecule has 0 saturated carbocycles. The van der Waals surface area contributed by atoms with Gasteiger partial charge in [0.1, 0.15) is 5.75 Å². The summed E-state index contributed by atoms with van der Waals surface area (Å²) in [7, 11) is 1.63. The second-order valence-corrected chi connectivity index (χ2v) is 3.50. The summed E-state index contributed by atoms with van der Waals surface area (Å²) in [6.07, 6.45) is -0.553. The Morgan fingerprint density at radius 1 is 1.43 bits per heavy atom. The molecule has 0 spiro atoms. The number of rotatable bonds is 3. The quantitative estimate of drug-likeness (QED) is 0.766. The van der Waals surface area contributed by atoms with Crippen LogP contribution in [0.4, 0.5) is 0 Å². The first kappa shape index (κ1) is 11.0. The molecule has 0 radical (unpaired) electrons. The average molecular weight is 195 g/mol. The van der Waals surface area contributed by atoms with E-state index in [0.29, 0.717) is 0 Å². The van der Waals surface area contributed by atoms with Crippen LogP contribution in [0.15, 0.2) is 18.2 Å². The van der Waals surface area contributed by atoms with Gasteiger partial charge in [-0.15, -0.1) is 0 Å². The van der Waals surface area contributed by atoms with E-state index in [9.17, 15) is 5.11 Å². The van der Waals surface area contributed by atoms with Crippen molar-refractivity contribution in [3.8, 4) is 5.75 Å². The molecule has 78 valence electrons. The Balaban J connectivity index is 3.00. The van der Waals surface area contributed by atoms with Crippen LogP contribution in [0, 0.1) is 6.92 Å². The normalized spacial score (nSPS) is 14.9. The first-order chi connectivity index (χ1) is 6.56. The van der Waals surface area contributed by atoms with E-state index in [1.54, 1.807) is 14.0 Å². The number of hydrogen-bond donors (Lipinski definition) is 2. The minimum Gasteiger partial charge on any atom is -0.496 e. The Bertz CT molecular complexity index is 310. The topological polar surface area (TPSA) is 55.5 Å². The van der Waals surface area contributed by atoms with E-state index in [4.69, 9.17) is 10.5 Å². The van der Waals surface area contributed by atoms with Crippen molar-refractivity contribution in [2.45, 2.75) is 26.0 Å². The summed E-state index contributed by atoms with van der Waals surface area (Å²) in [6.45, 7) is 3.65. The minimum atomic E-state index is -0.553. The number of aryl methyl sites for hydroxylation is 1. The summed E-state index contributed by atoms with van der Waals surface area (Å²) >= 11 is 0. The molecule has 2 atom stereocenters. The van der Waals surface area contributed by atoms with Crippen molar-refractivity contribution in [2.24, 2.45) is 5.73 Å². The molecule has 0 amide bonds. The van der Waals surface area contributed by atoms with Crippen LogP contribution in [-0.4, -0.2) is 18.3 Å². The van der Waals surface area contributed by atoms with E-state index in [1.807, 2.05) is 25.1 Å². The predicted molar refractivity (Wildman–Crippen MR) is 56.3 cm³/mol. The van der Waals surface area contributed by atoms with Crippen molar-refractivity contribution in [3.63, 3.8) is 0 Å². The summed E-state index contributed by atoms with van der Waals surface area (Å²) in [4.78, 5) is 0. The van der Waals surface area contributed by atoms with Gasteiger partial charge in [-0.25, -0.2) is 0 Å². The van der Waals surface area contributed by atoms with Crippen LogP contribution in [0.1, 0.15) is 24.1 Å². The van der Waals surface area contributed by atoms with Crippen molar-refractivity contribution < 1.29 is 9.84 Å². The molecule has 3 N–H and O–H groups in total. The second kappa shape index (κ2) is 4.44. The first-order valence-electron chi connectivity index (χ1n) is 4.64. The van der Waals surface area contributed by atoms with Crippen molar-refractivity contribution in [3.05, 3.63) is 29.3 Å². The Morgan fingerprint density at radius 3 is 2.57 bits per heavy atom. The van der Waals surface area contributed by atoms with E-state index in [0.717, 1.165) is 16.9 Å². The van der Waals surface area contributed by atoms with Crippen LogP contribution >= 0.6 is 0 Å². The molecule has 3 heteroatoms. The number of methoxy groups -OCH3 is 1. The number of aliphatic hydroxyl groups excluding tert-OH is 1. The van der Waals surface area contributed by atoms with Crippen molar-refractivity contribution in [2.75, 3.05) is 7.11 Å². The molecule has 0 saturated heterocycles. The van der Waals surface area contributed by atoms with Gasteiger partial charge in [-0.3, -0.25) is 0 Å².